The van der Waals surface area contributed by atoms with Crippen molar-refractivity contribution in [3.63, 3.8) is 0 Å². The molecule has 4 nitrogen and oxygen atoms in total. The molecule has 16 heavy (non-hydrogen) atoms. The molecule has 2 aromatic rings. The third kappa shape index (κ3) is 2.46. The Morgan fingerprint density at radius 1 is 1.31 bits per heavy atom. The molecule has 4 heteroatoms. The van der Waals surface area contributed by atoms with Gasteiger partial charge in [-0.05, 0) is 25.1 Å². The molecule has 0 saturated heterocycles. The van der Waals surface area contributed by atoms with Gasteiger partial charge in [0.25, 0.3) is 0 Å². The largest absolute Gasteiger partial charge is 0.303 e. The normalized spacial score (nSPS) is 12.6. The van der Waals surface area contributed by atoms with E-state index in [1.54, 1.807) is 0 Å². The van der Waals surface area contributed by atoms with E-state index < -0.39 is 0 Å². The number of pyridine rings is 1. The highest BCUT2D eigenvalue weighted by Gasteiger charge is 2.06. The van der Waals surface area contributed by atoms with Crippen molar-refractivity contribution in [2.24, 2.45) is 7.05 Å². The van der Waals surface area contributed by atoms with Crippen molar-refractivity contribution in [3.8, 4) is 0 Å². The van der Waals surface area contributed by atoms with Crippen LogP contribution in [0.4, 0.5) is 0 Å². The van der Waals surface area contributed by atoms with Gasteiger partial charge in [-0.25, -0.2) is 0 Å². The summed E-state index contributed by atoms with van der Waals surface area (Å²) in [7, 11) is 1.95. The summed E-state index contributed by atoms with van der Waals surface area (Å²) < 4.78 is 1.87. The zero-order valence-electron chi connectivity index (χ0n) is 9.59. The van der Waals surface area contributed by atoms with Gasteiger partial charge in [0, 0.05) is 32.0 Å². The summed E-state index contributed by atoms with van der Waals surface area (Å²) in [6.45, 7) is 2.91. The second-order valence-electron chi connectivity index (χ2n) is 3.80. The molecule has 0 unspecified atom stereocenters. The van der Waals surface area contributed by atoms with E-state index in [1.165, 1.54) is 5.69 Å². The fourth-order valence-corrected chi connectivity index (χ4v) is 1.57. The molecular weight excluding hydrogens is 200 g/mol. The van der Waals surface area contributed by atoms with E-state index in [-0.39, 0.29) is 6.04 Å². The molecular formula is C12H16N4. The molecule has 0 aromatic carbocycles. The van der Waals surface area contributed by atoms with Crippen molar-refractivity contribution in [2.45, 2.75) is 19.5 Å². The van der Waals surface area contributed by atoms with Gasteiger partial charge in [0.15, 0.2) is 0 Å². The summed E-state index contributed by atoms with van der Waals surface area (Å²) in [4.78, 5) is 4.32. The Morgan fingerprint density at radius 2 is 2.19 bits per heavy atom. The van der Waals surface area contributed by atoms with Crippen molar-refractivity contribution in [3.05, 3.63) is 48.0 Å². The predicted octanol–water partition coefficient (Wildman–Crippen LogP) is 1.67. The minimum atomic E-state index is 0.246. The molecule has 0 saturated carbocycles. The Morgan fingerprint density at radius 3 is 2.81 bits per heavy atom. The Balaban J connectivity index is 1.94. The lowest BCUT2D eigenvalue weighted by atomic mass is 10.2. The monoisotopic (exact) mass is 216 g/mol. The van der Waals surface area contributed by atoms with Crippen LogP contribution in [0.15, 0.2) is 36.7 Å². The van der Waals surface area contributed by atoms with Crippen molar-refractivity contribution < 1.29 is 0 Å². The van der Waals surface area contributed by atoms with E-state index in [1.807, 2.05) is 48.4 Å². The molecule has 0 radical (unpaired) electrons. The van der Waals surface area contributed by atoms with Crippen molar-refractivity contribution >= 4 is 0 Å². The maximum atomic E-state index is 4.32. The Bertz CT molecular complexity index is 435. The second kappa shape index (κ2) is 4.90. The van der Waals surface area contributed by atoms with Crippen LogP contribution < -0.4 is 5.32 Å². The van der Waals surface area contributed by atoms with Crippen LogP contribution in [0.25, 0.3) is 0 Å². The molecule has 84 valence electrons. The van der Waals surface area contributed by atoms with E-state index >= 15 is 0 Å². The van der Waals surface area contributed by atoms with Gasteiger partial charge < -0.3 is 5.32 Å². The van der Waals surface area contributed by atoms with Gasteiger partial charge >= 0.3 is 0 Å². The van der Waals surface area contributed by atoms with Crippen LogP contribution in [0, 0.1) is 0 Å². The predicted molar refractivity (Wildman–Crippen MR) is 62.7 cm³/mol. The Hall–Kier alpha value is -1.68. The number of nitrogens with one attached hydrogen (secondary N) is 1. The second-order valence-corrected chi connectivity index (χ2v) is 3.80. The standard InChI is InChI=1S/C12H16N4/c1-10(12-5-3-4-7-13-12)14-9-11-6-8-15-16(11)2/h3-8,10,14H,9H2,1-2H3/t10-/m0/s1. The fraction of sp³-hybridized carbons (Fsp3) is 0.333. The highest BCUT2D eigenvalue weighted by Crippen LogP contribution is 2.08. The first-order chi connectivity index (χ1) is 7.77. The van der Waals surface area contributed by atoms with E-state index in [9.17, 15) is 0 Å². The maximum absolute atomic E-state index is 4.32. The molecule has 0 amide bonds. The van der Waals surface area contributed by atoms with Gasteiger partial charge in [-0.15, -0.1) is 0 Å². The highest BCUT2D eigenvalue weighted by molar-refractivity contribution is 5.08. The van der Waals surface area contributed by atoms with Gasteiger partial charge in [-0.1, -0.05) is 6.07 Å². The third-order valence-corrected chi connectivity index (χ3v) is 2.64. The summed E-state index contributed by atoms with van der Waals surface area (Å²) >= 11 is 0. The van der Waals surface area contributed by atoms with Gasteiger partial charge in [-0.2, -0.15) is 5.10 Å². The lowest BCUT2D eigenvalue weighted by Crippen LogP contribution is -2.20. The fourth-order valence-electron chi connectivity index (χ4n) is 1.57. The van der Waals surface area contributed by atoms with Crippen LogP contribution in [0.5, 0.6) is 0 Å². The maximum Gasteiger partial charge on any atom is 0.0570 e. The smallest absolute Gasteiger partial charge is 0.0570 e. The van der Waals surface area contributed by atoms with E-state index in [0.29, 0.717) is 0 Å². The Kier molecular flexibility index (Phi) is 3.31. The molecule has 0 fully saturated rings. The zero-order valence-corrected chi connectivity index (χ0v) is 9.59. The summed E-state index contributed by atoms with van der Waals surface area (Å²) in [6.07, 6.45) is 3.63. The van der Waals surface area contributed by atoms with Gasteiger partial charge in [0.2, 0.25) is 0 Å². The molecule has 2 rings (SSSR count). The van der Waals surface area contributed by atoms with Crippen LogP contribution in [0.2, 0.25) is 0 Å². The first-order valence-corrected chi connectivity index (χ1v) is 5.38. The van der Waals surface area contributed by atoms with Crippen LogP contribution in [0.1, 0.15) is 24.4 Å². The highest BCUT2D eigenvalue weighted by atomic mass is 15.3. The van der Waals surface area contributed by atoms with Crippen LogP contribution >= 0.6 is 0 Å². The SMILES string of the molecule is C[C@H](NCc1ccnn1C)c1ccccn1. The van der Waals surface area contributed by atoms with E-state index in [4.69, 9.17) is 0 Å². The molecule has 0 aliphatic carbocycles. The summed E-state index contributed by atoms with van der Waals surface area (Å²) in [6, 6.07) is 8.22. The van der Waals surface area contributed by atoms with Crippen LogP contribution in [-0.2, 0) is 13.6 Å². The topological polar surface area (TPSA) is 42.7 Å². The molecule has 0 spiro atoms. The van der Waals surface area contributed by atoms with E-state index in [0.717, 1.165) is 12.2 Å². The summed E-state index contributed by atoms with van der Waals surface area (Å²) in [5.74, 6) is 0. The minimum absolute atomic E-state index is 0.246. The van der Waals surface area contributed by atoms with Crippen molar-refractivity contribution in [1.29, 1.82) is 0 Å². The number of nitrogens with zero attached hydrogens (tertiary/aromatic N) is 3. The van der Waals surface area contributed by atoms with Crippen molar-refractivity contribution in [2.75, 3.05) is 0 Å². The number of aryl methyl sites for hydroxylation is 1. The number of aromatic nitrogens is 3. The molecule has 1 atom stereocenters. The van der Waals surface area contributed by atoms with Gasteiger partial charge in [0.1, 0.15) is 0 Å². The molecule has 0 aliphatic heterocycles. The Labute approximate surface area is 95.3 Å². The number of rotatable bonds is 4. The number of hydrogen-bond donors (Lipinski definition) is 1. The molecule has 2 heterocycles. The average molecular weight is 216 g/mol. The van der Waals surface area contributed by atoms with Crippen LogP contribution in [0.3, 0.4) is 0 Å². The molecule has 0 bridgehead atoms. The molecule has 0 aliphatic rings. The third-order valence-electron chi connectivity index (χ3n) is 2.64. The lowest BCUT2D eigenvalue weighted by Gasteiger charge is -2.12. The van der Waals surface area contributed by atoms with Crippen molar-refractivity contribution in [1.82, 2.24) is 20.1 Å². The first-order valence-electron chi connectivity index (χ1n) is 5.38. The average Bonchev–Trinajstić information content (AvgIpc) is 2.73. The molecule has 1 N–H and O–H groups in total. The molecule has 2 aromatic heterocycles. The quantitative estimate of drug-likeness (QED) is 0.845. The number of hydrogen-bond acceptors (Lipinski definition) is 3. The summed E-state index contributed by atoms with van der Waals surface area (Å²) in [5, 5.41) is 7.55. The van der Waals surface area contributed by atoms with Gasteiger partial charge in [-0.3, -0.25) is 9.67 Å². The van der Waals surface area contributed by atoms with Crippen LogP contribution in [-0.4, -0.2) is 14.8 Å². The van der Waals surface area contributed by atoms with E-state index in [2.05, 4.69) is 22.3 Å². The lowest BCUT2D eigenvalue weighted by molar-refractivity contribution is 0.538. The zero-order chi connectivity index (χ0) is 11.4. The summed E-state index contributed by atoms with van der Waals surface area (Å²) in [5.41, 5.74) is 2.23. The first kappa shape index (κ1) is 10.8. The minimum Gasteiger partial charge on any atom is -0.303 e. The van der Waals surface area contributed by atoms with Gasteiger partial charge in [0.05, 0.1) is 11.4 Å².